The highest BCUT2D eigenvalue weighted by atomic mass is 32.1. The van der Waals surface area contributed by atoms with Gasteiger partial charge < -0.3 is 11.1 Å². The van der Waals surface area contributed by atoms with Gasteiger partial charge in [0.05, 0.1) is 12.1 Å². The molecule has 0 aliphatic heterocycles. The summed E-state index contributed by atoms with van der Waals surface area (Å²) in [7, 11) is 0. The van der Waals surface area contributed by atoms with Crippen LogP contribution in [0.1, 0.15) is 11.3 Å². The Hall–Kier alpha value is -1.95. The molecule has 0 unspecified atom stereocenters. The van der Waals surface area contributed by atoms with Crippen molar-refractivity contribution in [3.8, 4) is 0 Å². The molecule has 88 valence electrons. The lowest BCUT2D eigenvalue weighted by molar-refractivity contribution is -0.115. The first-order chi connectivity index (χ1) is 8.15. The van der Waals surface area contributed by atoms with Crippen molar-refractivity contribution in [1.82, 2.24) is 9.97 Å². The molecule has 2 aromatic heterocycles. The second-order valence-electron chi connectivity index (χ2n) is 3.59. The number of hydrogen-bond donors (Lipinski definition) is 2. The van der Waals surface area contributed by atoms with E-state index in [4.69, 9.17) is 5.73 Å². The number of nitrogens with one attached hydrogen (secondary N) is 1. The summed E-state index contributed by atoms with van der Waals surface area (Å²) in [6.45, 7) is 1.89. The Balaban J connectivity index is 2.01. The van der Waals surface area contributed by atoms with Crippen LogP contribution in [0.4, 0.5) is 10.8 Å². The molecular weight excluding hydrogens is 236 g/mol. The van der Waals surface area contributed by atoms with Crippen LogP contribution in [-0.2, 0) is 11.2 Å². The zero-order chi connectivity index (χ0) is 12.3. The van der Waals surface area contributed by atoms with Crippen molar-refractivity contribution in [1.29, 1.82) is 0 Å². The Morgan fingerprint density at radius 1 is 1.59 bits per heavy atom. The molecule has 0 spiro atoms. The van der Waals surface area contributed by atoms with Crippen molar-refractivity contribution < 1.29 is 4.79 Å². The van der Waals surface area contributed by atoms with Gasteiger partial charge >= 0.3 is 0 Å². The third-order valence-corrected chi connectivity index (χ3v) is 2.93. The van der Waals surface area contributed by atoms with Crippen LogP contribution in [0.2, 0.25) is 0 Å². The fourth-order valence-corrected chi connectivity index (χ4v) is 1.94. The summed E-state index contributed by atoms with van der Waals surface area (Å²) in [6, 6.07) is 1.77. The van der Waals surface area contributed by atoms with Crippen molar-refractivity contribution in [3.63, 3.8) is 0 Å². The van der Waals surface area contributed by atoms with Gasteiger partial charge in [0, 0.05) is 23.5 Å². The van der Waals surface area contributed by atoms with Gasteiger partial charge in [-0.1, -0.05) is 0 Å². The molecule has 0 saturated heterocycles. The maximum atomic E-state index is 11.7. The minimum absolute atomic E-state index is 0.107. The van der Waals surface area contributed by atoms with E-state index in [2.05, 4.69) is 15.3 Å². The monoisotopic (exact) mass is 248 g/mol. The van der Waals surface area contributed by atoms with E-state index in [1.165, 1.54) is 11.3 Å². The minimum atomic E-state index is -0.107. The maximum absolute atomic E-state index is 11.7. The summed E-state index contributed by atoms with van der Waals surface area (Å²) < 4.78 is 0. The largest absolute Gasteiger partial charge is 0.375 e. The molecule has 6 heteroatoms. The predicted molar refractivity (Wildman–Crippen MR) is 67.8 cm³/mol. The Labute approximate surface area is 103 Å². The van der Waals surface area contributed by atoms with Gasteiger partial charge in [-0.15, -0.1) is 11.3 Å². The smallest absolute Gasteiger partial charge is 0.230 e. The fraction of sp³-hybridized carbons (Fsp3) is 0.182. The first kappa shape index (κ1) is 11.5. The molecule has 0 bridgehead atoms. The topological polar surface area (TPSA) is 80.9 Å². The van der Waals surface area contributed by atoms with E-state index < -0.39 is 0 Å². The number of pyridine rings is 1. The van der Waals surface area contributed by atoms with Crippen LogP contribution in [-0.4, -0.2) is 15.9 Å². The number of thiazole rings is 1. The van der Waals surface area contributed by atoms with Gasteiger partial charge in [-0.3, -0.25) is 9.78 Å². The van der Waals surface area contributed by atoms with Gasteiger partial charge in [0.1, 0.15) is 0 Å². The van der Waals surface area contributed by atoms with Crippen LogP contribution < -0.4 is 11.1 Å². The quantitative estimate of drug-likeness (QED) is 0.864. The molecule has 0 aliphatic carbocycles. The number of nitrogen functional groups attached to an aromatic ring is 1. The second kappa shape index (κ2) is 4.92. The highest BCUT2D eigenvalue weighted by Crippen LogP contribution is 2.14. The van der Waals surface area contributed by atoms with Crippen molar-refractivity contribution in [3.05, 3.63) is 35.1 Å². The number of hydrogen-bond acceptors (Lipinski definition) is 5. The molecule has 1 amide bonds. The van der Waals surface area contributed by atoms with E-state index in [1.807, 2.05) is 6.92 Å². The van der Waals surface area contributed by atoms with Crippen LogP contribution in [0.25, 0.3) is 0 Å². The SMILES string of the molecule is Cc1cnccc1NC(=O)Cc1csc(N)n1. The van der Waals surface area contributed by atoms with Gasteiger partial charge in [0.2, 0.25) is 5.91 Å². The van der Waals surface area contributed by atoms with Crippen molar-refractivity contribution >= 4 is 28.1 Å². The fourth-order valence-electron chi connectivity index (χ4n) is 1.38. The molecular formula is C11H12N4OS. The van der Waals surface area contributed by atoms with E-state index >= 15 is 0 Å². The maximum Gasteiger partial charge on any atom is 0.230 e. The van der Waals surface area contributed by atoms with Crippen LogP contribution in [0.5, 0.6) is 0 Å². The Bertz CT molecular complexity index is 538. The Morgan fingerprint density at radius 3 is 3.06 bits per heavy atom. The highest BCUT2D eigenvalue weighted by Gasteiger charge is 2.08. The van der Waals surface area contributed by atoms with E-state index in [0.717, 1.165) is 11.3 Å². The van der Waals surface area contributed by atoms with E-state index in [-0.39, 0.29) is 12.3 Å². The molecule has 0 saturated carbocycles. The number of carbonyl (C=O) groups is 1. The summed E-state index contributed by atoms with van der Waals surface area (Å²) in [5, 5.41) is 5.08. The third kappa shape index (κ3) is 3.01. The molecule has 17 heavy (non-hydrogen) atoms. The zero-order valence-electron chi connectivity index (χ0n) is 9.30. The zero-order valence-corrected chi connectivity index (χ0v) is 10.1. The summed E-state index contributed by atoms with van der Waals surface area (Å²) >= 11 is 1.33. The summed E-state index contributed by atoms with van der Waals surface area (Å²) in [4.78, 5) is 19.7. The number of nitrogens with zero attached hydrogens (tertiary/aromatic N) is 2. The first-order valence-electron chi connectivity index (χ1n) is 5.05. The molecule has 2 aromatic rings. The first-order valence-corrected chi connectivity index (χ1v) is 5.93. The van der Waals surface area contributed by atoms with E-state index in [0.29, 0.717) is 10.8 Å². The van der Waals surface area contributed by atoms with Crippen LogP contribution in [0.15, 0.2) is 23.8 Å². The molecule has 3 N–H and O–H groups in total. The van der Waals surface area contributed by atoms with Gasteiger partial charge in [-0.25, -0.2) is 4.98 Å². The lowest BCUT2D eigenvalue weighted by Crippen LogP contribution is -2.15. The van der Waals surface area contributed by atoms with Gasteiger partial charge in [-0.05, 0) is 18.6 Å². The average Bonchev–Trinajstić information content (AvgIpc) is 2.67. The predicted octanol–water partition coefficient (Wildman–Crippen LogP) is 1.61. The molecule has 5 nitrogen and oxygen atoms in total. The second-order valence-corrected chi connectivity index (χ2v) is 4.48. The summed E-state index contributed by atoms with van der Waals surface area (Å²) in [5.74, 6) is -0.107. The van der Waals surface area contributed by atoms with E-state index in [1.54, 1.807) is 23.8 Å². The normalized spacial score (nSPS) is 10.2. The Kier molecular flexibility index (Phi) is 3.34. The molecule has 0 aromatic carbocycles. The minimum Gasteiger partial charge on any atom is -0.375 e. The lowest BCUT2D eigenvalue weighted by Gasteiger charge is -2.06. The van der Waals surface area contributed by atoms with E-state index in [9.17, 15) is 4.79 Å². The molecule has 0 radical (unpaired) electrons. The van der Waals surface area contributed by atoms with Gasteiger partial charge in [0.25, 0.3) is 0 Å². The van der Waals surface area contributed by atoms with Crippen molar-refractivity contribution in [2.75, 3.05) is 11.1 Å². The van der Waals surface area contributed by atoms with Gasteiger partial charge in [0.15, 0.2) is 5.13 Å². The molecule has 0 aliphatic rings. The van der Waals surface area contributed by atoms with Crippen LogP contribution in [0.3, 0.4) is 0 Å². The van der Waals surface area contributed by atoms with Crippen LogP contribution >= 0.6 is 11.3 Å². The number of amides is 1. The number of aryl methyl sites for hydroxylation is 1. The average molecular weight is 248 g/mol. The summed E-state index contributed by atoms with van der Waals surface area (Å²) in [5.41, 5.74) is 7.89. The number of carbonyl (C=O) groups excluding carboxylic acids is 1. The number of anilines is 2. The molecule has 2 rings (SSSR count). The standard InChI is InChI=1S/C11H12N4OS/c1-7-5-13-3-2-9(7)15-10(16)4-8-6-17-11(12)14-8/h2-3,5-6H,4H2,1H3,(H2,12,14)(H,13,15,16). The Morgan fingerprint density at radius 2 is 2.41 bits per heavy atom. The molecule has 0 atom stereocenters. The molecule has 0 fully saturated rings. The number of nitrogens with two attached hydrogens (primary N) is 1. The third-order valence-electron chi connectivity index (χ3n) is 2.21. The highest BCUT2D eigenvalue weighted by molar-refractivity contribution is 7.13. The van der Waals surface area contributed by atoms with Gasteiger partial charge in [-0.2, -0.15) is 0 Å². The van der Waals surface area contributed by atoms with Crippen molar-refractivity contribution in [2.24, 2.45) is 0 Å². The van der Waals surface area contributed by atoms with Crippen molar-refractivity contribution in [2.45, 2.75) is 13.3 Å². The number of rotatable bonds is 3. The van der Waals surface area contributed by atoms with Crippen LogP contribution in [0, 0.1) is 6.92 Å². The summed E-state index contributed by atoms with van der Waals surface area (Å²) in [6.07, 6.45) is 3.58. The molecule has 2 heterocycles. The lowest BCUT2D eigenvalue weighted by atomic mass is 10.2. The number of aromatic nitrogens is 2.